The van der Waals surface area contributed by atoms with E-state index in [9.17, 15) is 14.0 Å². The Balaban J connectivity index is 1.28. The predicted octanol–water partition coefficient (Wildman–Crippen LogP) is 5.57. The molecule has 0 aromatic heterocycles. The van der Waals surface area contributed by atoms with Crippen LogP contribution in [0, 0.1) is 5.82 Å². The van der Waals surface area contributed by atoms with E-state index in [-0.39, 0.29) is 11.5 Å². The molecule has 3 aromatic carbocycles. The smallest absolute Gasteiger partial charge is 0.258 e. The fourth-order valence-electron chi connectivity index (χ4n) is 3.80. The Kier molecular flexibility index (Phi) is 8.48. The Labute approximate surface area is 219 Å². The molecule has 7 nitrogen and oxygen atoms in total. The Morgan fingerprint density at radius 3 is 2.14 bits per heavy atom. The molecule has 10 heteroatoms. The summed E-state index contributed by atoms with van der Waals surface area (Å²) in [6.07, 6.45) is 2.25. The molecule has 4 rings (SSSR count). The number of rotatable bonds is 7. The van der Waals surface area contributed by atoms with Crippen LogP contribution in [0.3, 0.4) is 0 Å². The molecule has 1 aliphatic rings. The lowest BCUT2D eigenvalue weighted by atomic mass is 10.2. The third kappa shape index (κ3) is 7.00. The van der Waals surface area contributed by atoms with Crippen molar-refractivity contribution in [1.82, 2.24) is 4.90 Å². The second-order valence-electron chi connectivity index (χ2n) is 8.32. The standard InChI is InChI=1S/C26H25ClFN5O2S/c27-21-15-19(11-12-23(21)32-24(34)16-33-13-3-4-14-33)31-26(36)30-18-9-7-17(8-10-18)29-25(35)20-5-1-2-6-22(20)28/h1-2,5-12,15H,3-4,13-14,16H2,(H,29,35)(H,32,34)(H2,30,31,36). The summed E-state index contributed by atoms with van der Waals surface area (Å²) in [5.41, 5.74) is 2.37. The number of nitrogens with zero attached hydrogens (tertiary/aromatic N) is 1. The zero-order chi connectivity index (χ0) is 25.5. The number of thiocarbonyl (C=S) groups is 1. The molecule has 4 N–H and O–H groups in total. The Bertz CT molecular complexity index is 1270. The number of hydrogen-bond donors (Lipinski definition) is 4. The van der Waals surface area contributed by atoms with Crippen molar-refractivity contribution in [3.63, 3.8) is 0 Å². The molecule has 0 bridgehead atoms. The van der Waals surface area contributed by atoms with Crippen LogP contribution in [0.1, 0.15) is 23.2 Å². The normalized spacial score (nSPS) is 13.2. The monoisotopic (exact) mass is 525 g/mol. The van der Waals surface area contributed by atoms with Crippen molar-refractivity contribution in [3.05, 3.63) is 83.1 Å². The van der Waals surface area contributed by atoms with Crippen LogP contribution in [0.2, 0.25) is 5.02 Å². The van der Waals surface area contributed by atoms with E-state index in [0.717, 1.165) is 25.9 Å². The summed E-state index contributed by atoms with van der Waals surface area (Å²) in [7, 11) is 0. The minimum absolute atomic E-state index is 0.0269. The van der Waals surface area contributed by atoms with E-state index in [0.29, 0.717) is 39.4 Å². The van der Waals surface area contributed by atoms with Gasteiger partial charge in [-0.2, -0.15) is 0 Å². The number of nitrogens with one attached hydrogen (secondary N) is 4. The zero-order valence-electron chi connectivity index (χ0n) is 19.3. The maximum Gasteiger partial charge on any atom is 0.258 e. The number of halogens is 2. The van der Waals surface area contributed by atoms with E-state index >= 15 is 0 Å². The van der Waals surface area contributed by atoms with Gasteiger partial charge in [-0.25, -0.2) is 4.39 Å². The number of benzene rings is 3. The fourth-order valence-corrected chi connectivity index (χ4v) is 4.27. The van der Waals surface area contributed by atoms with Gasteiger partial charge in [-0.1, -0.05) is 23.7 Å². The van der Waals surface area contributed by atoms with E-state index in [2.05, 4.69) is 26.2 Å². The van der Waals surface area contributed by atoms with Gasteiger partial charge in [0.25, 0.3) is 5.91 Å². The van der Waals surface area contributed by atoms with Gasteiger partial charge < -0.3 is 21.3 Å². The molecule has 1 heterocycles. The second kappa shape index (κ2) is 11.9. The van der Waals surface area contributed by atoms with Gasteiger partial charge in [-0.3, -0.25) is 14.5 Å². The lowest BCUT2D eigenvalue weighted by Crippen LogP contribution is -2.30. The quantitative estimate of drug-likeness (QED) is 0.302. The van der Waals surface area contributed by atoms with Crippen LogP contribution in [-0.2, 0) is 4.79 Å². The van der Waals surface area contributed by atoms with Crippen molar-refractivity contribution in [1.29, 1.82) is 0 Å². The van der Waals surface area contributed by atoms with Crippen LogP contribution in [-0.4, -0.2) is 41.5 Å². The predicted molar refractivity (Wildman–Crippen MR) is 146 cm³/mol. The van der Waals surface area contributed by atoms with E-state index < -0.39 is 11.7 Å². The highest BCUT2D eigenvalue weighted by Gasteiger charge is 2.16. The Morgan fingerprint density at radius 1 is 0.861 bits per heavy atom. The largest absolute Gasteiger partial charge is 0.332 e. The average molecular weight is 526 g/mol. The summed E-state index contributed by atoms with van der Waals surface area (Å²) in [6.45, 7) is 2.24. The van der Waals surface area contributed by atoms with Gasteiger partial charge in [0.1, 0.15) is 5.82 Å². The maximum atomic E-state index is 13.8. The van der Waals surface area contributed by atoms with E-state index in [1.807, 2.05) is 0 Å². The summed E-state index contributed by atoms with van der Waals surface area (Å²) in [4.78, 5) is 26.6. The van der Waals surface area contributed by atoms with E-state index in [1.165, 1.54) is 18.2 Å². The minimum atomic E-state index is -0.581. The van der Waals surface area contributed by atoms with E-state index in [4.69, 9.17) is 23.8 Å². The summed E-state index contributed by atoms with van der Waals surface area (Å²) < 4.78 is 13.8. The first kappa shape index (κ1) is 25.6. The van der Waals surface area contributed by atoms with Crippen molar-refractivity contribution in [2.24, 2.45) is 0 Å². The second-order valence-corrected chi connectivity index (χ2v) is 9.13. The summed E-state index contributed by atoms with van der Waals surface area (Å²) in [5, 5.41) is 12.3. The average Bonchev–Trinajstić information content (AvgIpc) is 3.35. The molecule has 1 aliphatic heterocycles. The molecule has 2 amide bonds. The highest BCUT2D eigenvalue weighted by atomic mass is 35.5. The maximum absolute atomic E-state index is 13.8. The van der Waals surface area contributed by atoms with Gasteiger partial charge in [0, 0.05) is 17.1 Å². The molecule has 3 aromatic rings. The number of amides is 2. The molecule has 186 valence electrons. The lowest BCUT2D eigenvalue weighted by molar-refractivity contribution is -0.117. The van der Waals surface area contributed by atoms with Crippen LogP contribution in [0.4, 0.5) is 27.1 Å². The molecule has 36 heavy (non-hydrogen) atoms. The molecule has 1 fully saturated rings. The van der Waals surface area contributed by atoms with Crippen LogP contribution < -0.4 is 21.3 Å². The molecule has 0 aliphatic carbocycles. The topological polar surface area (TPSA) is 85.5 Å². The first-order chi connectivity index (χ1) is 17.4. The first-order valence-electron chi connectivity index (χ1n) is 11.4. The summed E-state index contributed by atoms with van der Waals surface area (Å²) in [5.74, 6) is -1.20. The van der Waals surface area contributed by atoms with Crippen molar-refractivity contribution >= 4 is 63.5 Å². The third-order valence-electron chi connectivity index (χ3n) is 5.59. The van der Waals surface area contributed by atoms with Crippen molar-refractivity contribution in [2.75, 3.05) is 40.9 Å². The SMILES string of the molecule is O=C(CN1CCCC1)Nc1ccc(NC(=S)Nc2ccc(NC(=O)c3ccccc3F)cc2)cc1Cl. The van der Waals surface area contributed by atoms with Gasteiger partial charge >= 0.3 is 0 Å². The van der Waals surface area contributed by atoms with E-state index in [1.54, 1.807) is 48.5 Å². The number of carbonyl (C=O) groups excluding carboxylic acids is 2. The van der Waals surface area contributed by atoms with Gasteiger partial charge in [0.05, 0.1) is 22.8 Å². The lowest BCUT2D eigenvalue weighted by Gasteiger charge is -2.15. The first-order valence-corrected chi connectivity index (χ1v) is 12.2. The molecule has 0 spiro atoms. The molecule has 0 radical (unpaired) electrons. The highest BCUT2D eigenvalue weighted by Crippen LogP contribution is 2.26. The molecular weight excluding hydrogens is 501 g/mol. The Hall–Kier alpha value is -3.53. The van der Waals surface area contributed by atoms with Crippen molar-refractivity contribution in [2.45, 2.75) is 12.8 Å². The van der Waals surface area contributed by atoms with Crippen molar-refractivity contribution in [3.8, 4) is 0 Å². The number of anilines is 4. The zero-order valence-corrected chi connectivity index (χ0v) is 20.9. The van der Waals surface area contributed by atoms with Crippen LogP contribution >= 0.6 is 23.8 Å². The number of carbonyl (C=O) groups is 2. The van der Waals surface area contributed by atoms with Crippen LogP contribution in [0.5, 0.6) is 0 Å². The van der Waals surface area contributed by atoms with Crippen LogP contribution in [0.25, 0.3) is 0 Å². The van der Waals surface area contributed by atoms with Crippen LogP contribution in [0.15, 0.2) is 66.7 Å². The molecule has 0 saturated carbocycles. The number of likely N-dealkylation sites (tertiary alicyclic amines) is 1. The number of hydrogen-bond acceptors (Lipinski definition) is 4. The van der Waals surface area contributed by atoms with Gasteiger partial charge in [0.15, 0.2) is 5.11 Å². The van der Waals surface area contributed by atoms with Crippen molar-refractivity contribution < 1.29 is 14.0 Å². The summed E-state index contributed by atoms with van der Waals surface area (Å²) >= 11 is 11.7. The van der Waals surface area contributed by atoms with Gasteiger partial charge in [-0.05, 0) is 92.7 Å². The Morgan fingerprint density at radius 2 is 1.47 bits per heavy atom. The minimum Gasteiger partial charge on any atom is -0.332 e. The molecule has 1 saturated heterocycles. The third-order valence-corrected chi connectivity index (χ3v) is 6.10. The molecule has 0 atom stereocenters. The van der Waals surface area contributed by atoms with Gasteiger partial charge in [0.2, 0.25) is 5.91 Å². The molecule has 0 unspecified atom stereocenters. The molecular formula is C26H25ClFN5O2S. The highest BCUT2D eigenvalue weighted by molar-refractivity contribution is 7.80. The van der Waals surface area contributed by atoms with Gasteiger partial charge in [-0.15, -0.1) is 0 Å². The fraction of sp³-hybridized carbons (Fsp3) is 0.192. The summed E-state index contributed by atoms with van der Waals surface area (Å²) in [6, 6.07) is 17.8.